The standard InChI is InChI=1S/C25H21Cl2F3N2O5/c26-19-12-31-13-20(27)21(19)22-18(23(37-32-22)14-4-5-14)3-1-2-6-35-7-8-36-17-10-15(24(33)34)9-16(11-17)25(28,29)30/h1,3,9-14H,2,4-8H2,(H,33,34)/b3-1+. The molecule has 2 heterocycles. The zero-order valence-corrected chi connectivity index (χ0v) is 20.7. The number of aromatic nitrogens is 2. The van der Waals surface area contributed by atoms with Gasteiger partial charge in [-0.2, -0.15) is 13.2 Å². The number of carboxylic acid groups (broad SMARTS) is 1. The fourth-order valence-electron chi connectivity index (χ4n) is 3.57. The van der Waals surface area contributed by atoms with Gasteiger partial charge in [0.2, 0.25) is 0 Å². The zero-order chi connectivity index (χ0) is 26.6. The Labute approximate surface area is 219 Å². The summed E-state index contributed by atoms with van der Waals surface area (Å²) in [6.45, 7) is 0.365. The maximum atomic E-state index is 13.0. The van der Waals surface area contributed by atoms with E-state index in [2.05, 4.69) is 10.1 Å². The van der Waals surface area contributed by atoms with Gasteiger partial charge in [-0.25, -0.2) is 4.79 Å². The lowest BCUT2D eigenvalue weighted by Crippen LogP contribution is -2.11. The van der Waals surface area contributed by atoms with E-state index in [1.165, 1.54) is 12.4 Å². The predicted octanol–water partition coefficient (Wildman–Crippen LogP) is 7.14. The van der Waals surface area contributed by atoms with Crippen LogP contribution in [0.15, 0.2) is 41.2 Å². The molecule has 0 spiro atoms. The number of hydrogen-bond acceptors (Lipinski definition) is 6. The number of carboxylic acids is 1. The highest BCUT2D eigenvalue weighted by molar-refractivity contribution is 6.39. The van der Waals surface area contributed by atoms with Gasteiger partial charge in [-0.15, -0.1) is 0 Å². The maximum Gasteiger partial charge on any atom is 0.416 e. The summed E-state index contributed by atoms with van der Waals surface area (Å²) in [6.07, 6.45) is 4.59. The average molecular weight is 557 g/mol. The Morgan fingerprint density at radius 3 is 2.51 bits per heavy atom. The molecule has 4 rings (SSSR count). The summed E-state index contributed by atoms with van der Waals surface area (Å²) < 4.78 is 55.4. The van der Waals surface area contributed by atoms with Crippen LogP contribution in [0.3, 0.4) is 0 Å². The third-order valence-electron chi connectivity index (χ3n) is 5.48. The van der Waals surface area contributed by atoms with Crippen LogP contribution >= 0.6 is 23.2 Å². The first-order valence-corrected chi connectivity index (χ1v) is 12.0. The number of aromatic carboxylic acids is 1. The molecule has 2 aromatic heterocycles. The van der Waals surface area contributed by atoms with Gasteiger partial charge < -0.3 is 19.1 Å². The summed E-state index contributed by atoms with van der Waals surface area (Å²) in [5.74, 6) is -0.609. The highest BCUT2D eigenvalue weighted by atomic mass is 35.5. The van der Waals surface area contributed by atoms with Crippen molar-refractivity contribution in [2.75, 3.05) is 19.8 Å². The Kier molecular flexibility index (Phi) is 8.41. The Morgan fingerprint density at radius 2 is 1.86 bits per heavy atom. The van der Waals surface area contributed by atoms with Crippen LogP contribution in [-0.2, 0) is 10.9 Å². The van der Waals surface area contributed by atoms with Crippen molar-refractivity contribution < 1.29 is 37.1 Å². The molecule has 0 amide bonds. The van der Waals surface area contributed by atoms with Gasteiger partial charge in [0.25, 0.3) is 0 Å². The molecular weight excluding hydrogens is 536 g/mol. The van der Waals surface area contributed by atoms with E-state index >= 15 is 0 Å². The van der Waals surface area contributed by atoms with Crippen LogP contribution in [0.25, 0.3) is 17.3 Å². The number of hydrogen-bond donors (Lipinski definition) is 1. The molecule has 1 aliphatic carbocycles. The normalized spacial score (nSPS) is 13.9. The van der Waals surface area contributed by atoms with E-state index in [9.17, 15) is 18.0 Å². The summed E-state index contributed by atoms with van der Waals surface area (Å²) in [7, 11) is 0. The minimum absolute atomic E-state index is 0.0508. The quantitative estimate of drug-likeness (QED) is 0.251. The number of rotatable bonds is 11. The zero-order valence-electron chi connectivity index (χ0n) is 19.2. The fraction of sp³-hybridized carbons (Fsp3) is 0.320. The van der Waals surface area contributed by atoms with E-state index in [0.29, 0.717) is 46.3 Å². The summed E-state index contributed by atoms with van der Waals surface area (Å²) in [4.78, 5) is 15.1. The van der Waals surface area contributed by atoms with E-state index in [1.54, 1.807) is 0 Å². The van der Waals surface area contributed by atoms with E-state index in [4.69, 9.17) is 42.3 Å². The lowest BCUT2D eigenvalue weighted by Gasteiger charge is -2.12. The average Bonchev–Trinajstić information content (AvgIpc) is 3.60. The summed E-state index contributed by atoms with van der Waals surface area (Å²) in [5, 5.41) is 14.0. The summed E-state index contributed by atoms with van der Waals surface area (Å²) in [5.41, 5.74) is 0.263. The molecule has 1 aromatic carbocycles. The van der Waals surface area contributed by atoms with Gasteiger partial charge in [-0.1, -0.05) is 40.5 Å². The fourth-order valence-corrected chi connectivity index (χ4v) is 4.12. The molecule has 37 heavy (non-hydrogen) atoms. The number of benzene rings is 1. The van der Waals surface area contributed by atoms with Crippen molar-refractivity contribution >= 4 is 35.2 Å². The molecule has 12 heteroatoms. The SMILES string of the molecule is O=C(O)c1cc(OCCOCC/C=C/c2c(-c3c(Cl)cncc3Cl)noc2C2CC2)cc(C(F)(F)F)c1. The smallest absolute Gasteiger partial charge is 0.416 e. The number of carbonyl (C=O) groups is 1. The monoisotopic (exact) mass is 556 g/mol. The molecule has 0 aliphatic heterocycles. The summed E-state index contributed by atoms with van der Waals surface area (Å²) in [6, 6.07) is 2.35. The molecule has 1 fully saturated rings. The highest BCUT2D eigenvalue weighted by Gasteiger charge is 2.33. The molecule has 0 atom stereocenters. The van der Waals surface area contributed by atoms with E-state index in [-0.39, 0.29) is 19.0 Å². The van der Waals surface area contributed by atoms with Crippen molar-refractivity contribution in [2.45, 2.75) is 31.4 Å². The van der Waals surface area contributed by atoms with Crippen molar-refractivity contribution in [2.24, 2.45) is 0 Å². The molecule has 1 aliphatic rings. The molecule has 1 saturated carbocycles. The number of ether oxygens (including phenoxy) is 2. The van der Waals surface area contributed by atoms with Crippen LogP contribution in [0.4, 0.5) is 13.2 Å². The minimum atomic E-state index is -4.69. The van der Waals surface area contributed by atoms with Crippen LogP contribution in [-0.4, -0.2) is 41.0 Å². The Hall–Kier alpha value is -3.08. The van der Waals surface area contributed by atoms with Gasteiger partial charge in [0, 0.05) is 29.4 Å². The molecule has 0 bridgehead atoms. The number of halogens is 5. The van der Waals surface area contributed by atoms with E-state index in [1.807, 2.05) is 12.2 Å². The van der Waals surface area contributed by atoms with Gasteiger partial charge in [0.1, 0.15) is 23.8 Å². The lowest BCUT2D eigenvalue weighted by atomic mass is 10.0. The molecule has 3 aromatic rings. The van der Waals surface area contributed by atoms with Gasteiger partial charge in [-0.3, -0.25) is 4.98 Å². The van der Waals surface area contributed by atoms with Crippen molar-refractivity contribution in [3.8, 4) is 17.0 Å². The third kappa shape index (κ3) is 6.82. The van der Waals surface area contributed by atoms with Crippen LogP contribution in [0.2, 0.25) is 10.0 Å². The van der Waals surface area contributed by atoms with E-state index in [0.717, 1.165) is 36.3 Å². The van der Waals surface area contributed by atoms with Crippen molar-refractivity contribution in [1.29, 1.82) is 0 Å². The van der Waals surface area contributed by atoms with Gasteiger partial charge in [-0.05, 0) is 37.5 Å². The topological polar surface area (TPSA) is 94.7 Å². The van der Waals surface area contributed by atoms with Crippen molar-refractivity contribution in [1.82, 2.24) is 10.1 Å². The predicted molar refractivity (Wildman–Crippen MR) is 130 cm³/mol. The van der Waals surface area contributed by atoms with Crippen LogP contribution < -0.4 is 4.74 Å². The second-order valence-corrected chi connectivity index (χ2v) is 9.08. The van der Waals surface area contributed by atoms with Crippen LogP contribution in [0, 0.1) is 0 Å². The molecule has 0 unspecified atom stereocenters. The second-order valence-electron chi connectivity index (χ2n) is 8.26. The molecule has 1 N–H and O–H groups in total. The van der Waals surface area contributed by atoms with Gasteiger partial charge in [0.05, 0.1) is 34.4 Å². The Bertz CT molecular complexity index is 1290. The third-order valence-corrected chi connectivity index (χ3v) is 6.06. The number of pyridine rings is 1. The molecule has 0 saturated heterocycles. The van der Waals surface area contributed by atoms with Gasteiger partial charge in [0.15, 0.2) is 0 Å². The second kappa shape index (κ2) is 11.5. The van der Waals surface area contributed by atoms with Crippen molar-refractivity contribution in [3.05, 3.63) is 69.2 Å². The first-order chi connectivity index (χ1) is 17.6. The molecule has 196 valence electrons. The number of nitrogens with zero attached hydrogens (tertiary/aromatic N) is 2. The first kappa shape index (κ1) is 27.0. The minimum Gasteiger partial charge on any atom is -0.491 e. The Balaban J connectivity index is 1.31. The largest absolute Gasteiger partial charge is 0.491 e. The van der Waals surface area contributed by atoms with Gasteiger partial charge >= 0.3 is 12.1 Å². The lowest BCUT2D eigenvalue weighted by molar-refractivity contribution is -0.137. The highest BCUT2D eigenvalue weighted by Crippen LogP contribution is 2.46. The Morgan fingerprint density at radius 1 is 1.14 bits per heavy atom. The molecule has 7 nitrogen and oxygen atoms in total. The van der Waals surface area contributed by atoms with Crippen molar-refractivity contribution in [3.63, 3.8) is 0 Å². The first-order valence-electron chi connectivity index (χ1n) is 11.3. The maximum absolute atomic E-state index is 13.0. The van der Waals surface area contributed by atoms with E-state index < -0.39 is 23.3 Å². The molecular formula is C25H21Cl2F3N2O5. The number of alkyl halides is 3. The summed E-state index contributed by atoms with van der Waals surface area (Å²) >= 11 is 12.6. The van der Waals surface area contributed by atoms with Crippen LogP contribution in [0.5, 0.6) is 5.75 Å². The molecule has 0 radical (unpaired) electrons. The van der Waals surface area contributed by atoms with Crippen LogP contribution in [0.1, 0.15) is 52.4 Å².